The van der Waals surface area contributed by atoms with E-state index in [4.69, 9.17) is 0 Å². The first kappa shape index (κ1) is 20.4. The van der Waals surface area contributed by atoms with Crippen molar-refractivity contribution < 1.29 is 23.1 Å². The van der Waals surface area contributed by atoms with Crippen LogP contribution in [0.3, 0.4) is 0 Å². The van der Waals surface area contributed by atoms with Crippen molar-refractivity contribution in [2.45, 2.75) is 44.6 Å². The van der Waals surface area contributed by atoms with Gasteiger partial charge in [0.15, 0.2) is 0 Å². The van der Waals surface area contributed by atoms with Crippen molar-refractivity contribution in [1.82, 2.24) is 9.21 Å². The van der Waals surface area contributed by atoms with Gasteiger partial charge < -0.3 is 10.0 Å². The Balaban J connectivity index is 2.32. The molecule has 2 unspecified atom stereocenters. The number of carboxylic acid groups (broad SMARTS) is 1. The van der Waals surface area contributed by atoms with E-state index < -0.39 is 21.9 Å². The van der Waals surface area contributed by atoms with E-state index in [-0.39, 0.29) is 29.0 Å². The van der Waals surface area contributed by atoms with Crippen molar-refractivity contribution in [3.63, 3.8) is 0 Å². The van der Waals surface area contributed by atoms with Crippen molar-refractivity contribution >= 4 is 21.9 Å². The van der Waals surface area contributed by atoms with Gasteiger partial charge in [0.1, 0.15) is 0 Å². The summed E-state index contributed by atoms with van der Waals surface area (Å²) in [7, 11) is -3.66. The summed E-state index contributed by atoms with van der Waals surface area (Å²) in [5.74, 6) is -1.83. The number of carbonyl (C=O) groups is 2. The van der Waals surface area contributed by atoms with Gasteiger partial charge in [-0.15, -0.1) is 0 Å². The molecular formula is C18H26N2O5S. The molecule has 0 saturated carbocycles. The van der Waals surface area contributed by atoms with Crippen LogP contribution >= 0.6 is 0 Å². The minimum atomic E-state index is -3.66. The molecule has 1 fully saturated rings. The van der Waals surface area contributed by atoms with E-state index in [0.29, 0.717) is 25.9 Å². The molecule has 0 bridgehead atoms. The molecule has 7 nitrogen and oxygen atoms in total. The molecule has 1 aliphatic heterocycles. The first-order chi connectivity index (χ1) is 12.2. The molecule has 2 rings (SSSR count). The van der Waals surface area contributed by atoms with Crippen molar-refractivity contribution in [3.8, 4) is 0 Å². The highest BCUT2D eigenvalue weighted by atomic mass is 32.2. The van der Waals surface area contributed by atoms with Gasteiger partial charge in [-0.25, -0.2) is 8.42 Å². The zero-order valence-electron chi connectivity index (χ0n) is 15.4. The molecule has 0 radical (unpaired) electrons. The van der Waals surface area contributed by atoms with Crippen LogP contribution in [0.15, 0.2) is 29.2 Å². The monoisotopic (exact) mass is 382 g/mol. The fourth-order valence-electron chi connectivity index (χ4n) is 3.26. The third kappa shape index (κ3) is 4.07. The molecule has 0 aliphatic carbocycles. The van der Waals surface area contributed by atoms with Crippen LogP contribution in [0, 0.1) is 5.92 Å². The maximum atomic E-state index is 12.9. The zero-order valence-corrected chi connectivity index (χ0v) is 16.2. The second-order valence-electron chi connectivity index (χ2n) is 6.54. The lowest BCUT2D eigenvalue weighted by molar-refractivity contribution is -0.143. The molecule has 1 heterocycles. The van der Waals surface area contributed by atoms with E-state index in [2.05, 4.69) is 0 Å². The summed E-state index contributed by atoms with van der Waals surface area (Å²) in [4.78, 5) is 25.8. The molecule has 1 saturated heterocycles. The van der Waals surface area contributed by atoms with E-state index >= 15 is 0 Å². The van der Waals surface area contributed by atoms with Crippen LogP contribution in [0.25, 0.3) is 0 Å². The van der Waals surface area contributed by atoms with E-state index in [0.717, 1.165) is 0 Å². The number of piperidine rings is 1. The Kier molecular flexibility index (Phi) is 6.41. The smallest absolute Gasteiger partial charge is 0.308 e. The predicted octanol–water partition coefficient (Wildman–Crippen LogP) is 2.04. The standard InChI is InChI=1S/C18H26N2O5S/c1-4-19(5-2)26(24,25)16-8-6-7-14(11-16)17(21)20-12-15(18(22)23)10-9-13(20)3/h6-8,11,13,15H,4-5,9-10,12H2,1-3H3,(H,22,23). The normalized spacial score (nSPS) is 21.0. The minimum Gasteiger partial charge on any atom is -0.481 e. The largest absolute Gasteiger partial charge is 0.481 e. The SMILES string of the molecule is CCN(CC)S(=O)(=O)c1cccc(C(=O)N2CC(C(=O)O)CCC2C)c1. The molecule has 0 aromatic heterocycles. The quantitative estimate of drug-likeness (QED) is 0.812. The fourth-order valence-corrected chi connectivity index (χ4v) is 4.76. The Hall–Kier alpha value is -1.93. The Morgan fingerprint density at radius 1 is 1.23 bits per heavy atom. The van der Waals surface area contributed by atoms with E-state index in [1.165, 1.54) is 21.3 Å². The summed E-state index contributed by atoms with van der Waals surface area (Å²) in [5.41, 5.74) is 0.260. The van der Waals surface area contributed by atoms with Crippen LogP contribution in [-0.2, 0) is 14.8 Å². The molecule has 1 aliphatic rings. The number of rotatable bonds is 6. The van der Waals surface area contributed by atoms with Crippen LogP contribution in [0.5, 0.6) is 0 Å². The van der Waals surface area contributed by atoms with Gasteiger partial charge >= 0.3 is 5.97 Å². The summed E-state index contributed by atoms with van der Waals surface area (Å²) in [5, 5.41) is 9.24. The summed E-state index contributed by atoms with van der Waals surface area (Å²) in [6, 6.07) is 5.89. The Morgan fingerprint density at radius 3 is 2.46 bits per heavy atom. The number of benzene rings is 1. The maximum absolute atomic E-state index is 12.9. The van der Waals surface area contributed by atoms with Crippen molar-refractivity contribution in [1.29, 1.82) is 0 Å². The van der Waals surface area contributed by atoms with E-state index in [1.54, 1.807) is 26.0 Å². The van der Waals surface area contributed by atoms with Gasteiger partial charge in [0.2, 0.25) is 10.0 Å². The lowest BCUT2D eigenvalue weighted by Gasteiger charge is -2.36. The second kappa shape index (κ2) is 8.18. The molecule has 26 heavy (non-hydrogen) atoms. The molecule has 2 atom stereocenters. The Bertz CT molecular complexity index is 774. The topological polar surface area (TPSA) is 95.0 Å². The maximum Gasteiger partial charge on any atom is 0.308 e. The summed E-state index contributed by atoms with van der Waals surface area (Å²) in [6.07, 6.45) is 1.15. The van der Waals surface area contributed by atoms with Crippen LogP contribution < -0.4 is 0 Å². The van der Waals surface area contributed by atoms with Crippen molar-refractivity contribution in [3.05, 3.63) is 29.8 Å². The highest BCUT2D eigenvalue weighted by Crippen LogP contribution is 2.25. The average Bonchev–Trinajstić information content (AvgIpc) is 2.62. The number of carbonyl (C=O) groups excluding carboxylic acids is 1. The molecule has 1 aromatic rings. The Morgan fingerprint density at radius 2 is 1.88 bits per heavy atom. The third-order valence-corrected chi connectivity index (χ3v) is 6.96. The molecule has 1 N–H and O–H groups in total. The summed E-state index contributed by atoms with van der Waals surface area (Å²) < 4.78 is 26.7. The second-order valence-corrected chi connectivity index (χ2v) is 8.47. The van der Waals surface area contributed by atoms with Gasteiger partial charge in [-0.3, -0.25) is 9.59 Å². The minimum absolute atomic E-state index is 0.0755. The van der Waals surface area contributed by atoms with Gasteiger partial charge in [-0.2, -0.15) is 4.31 Å². The van der Waals surface area contributed by atoms with Gasteiger partial charge in [-0.05, 0) is 38.0 Å². The number of amides is 1. The predicted molar refractivity (Wildman–Crippen MR) is 97.4 cm³/mol. The van der Waals surface area contributed by atoms with Crippen LogP contribution in [-0.4, -0.2) is 60.3 Å². The first-order valence-corrected chi connectivity index (χ1v) is 10.3. The first-order valence-electron chi connectivity index (χ1n) is 8.86. The average molecular weight is 382 g/mol. The Labute approximate surface area is 154 Å². The molecule has 144 valence electrons. The molecule has 1 amide bonds. The molecule has 1 aromatic carbocycles. The summed E-state index contributed by atoms with van der Waals surface area (Å²) in [6.45, 7) is 6.24. The number of hydrogen-bond acceptors (Lipinski definition) is 4. The van der Waals surface area contributed by atoms with E-state index in [1.807, 2.05) is 6.92 Å². The number of likely N-dealkylation sites (tertiary alicyclic amines) is 1. The van der Waals surface area contributed by atoms with E-state index in [9.17, 15) is 23.1 Å². The lowest BCUT2D eigenvalue weighted by Crippen LogP contribution is -2.47. The lowest BCUT2D eigenvalue weighted by atomic mass is 9.93. The van der Waals surface area contributed by atoms with Gasteiger partial charge in [0, 0.05) is 31.2 Å². The number of carboxylic acids is 1. The zero-order chi connectivity index (χ0) is 19.5. The molecular weight excluding hydrogens is 356 g/mol. The number of hydrogen-bond donors (Lipinski definition) is 1. The number of aliphatic carboxylic acids is 1. The number of nitrogens with zero attached hydrogens (tertiary/aromatic N) is 2. The van der Waals surface area contributed by atoms with Gasteiger partial charge in [0.05, 0.1) is 10.8 Å². The highest BCUT2D eigenvalue weighted by molar-refractivity contribution is 7.89. The highest BCUT2D eigenvalue weighted by Gasteiger charge is 2.33. The van der Waals surface area contributed by atoms with Crippen LogP contribution in [0.1, 0.15) is 44.0 Å². The van der Waals surface area contributed by atoms with Crippen molar-refractivity contribution in [2.75, 3.05) is 19.6 Å². The van der Waals surface area contributed by atoms with Crippen LogP contribution in [0.2, 0.25) is 0 Å². The molecule has 0 spiro atoms. The van der Waals surface area contributed by atoms with Crippen LogP contribution in [0.4, 0.5) is 0 Å². The fraction of sp³-hybridized carbons (Fsp3) is 0.556. The van der Waals surface area contributed by atoms with Gasteiger partial charge in [-0.1, -0.05) is 19.9 Å². The third-order valence-electron chi connectivity index (χ3n) is 4.92. The van der Waals surface area contributed by atoms with Crippen molar-refractivity contribution in [2.24, 2.45) is 5.92 Å². The summed E-state index contributed by atoms with van der Waals surface area (Å²) >= 11 is 0. The number of sulfonamides is 1. The van der Waals surface area contributed by atoms with Gasteiger partial charge in [0.25, 0.3) is 5.91 Å². The molecule has 8 heteroatoms.